The molecule has 3 amide bonds. The van der Waals surface area contributed by atoms with Gasteiger partial charge in [0.15, 0.2) is 0 Å². The van der Waals surface area contributed by atoms with Gasteiger partial charge in [0.05, 0.1) is 0 Å². The molecular weight excluding hydrogens is 230 g/mol. The van der Waals surface area contributed by atoms with Crippen LogP contribution < -0.4 is 0 Å². The number of pyridine rings is 1. The molecule has 0 bridgehead atoms. The Morgan fingerprint density at radius 3 is 2.33 bits per heavy atom. The number of nitrogens with zero attached hydrogens (tertiary/aromatic N) is 3. The molecular formula is C13H15N3O2. The van der Waals surface area contributed by atoms with Crippen molar-refractivity contribution in [3.63, 3.8) is 0 Å². The fourth-order valence-corrected chi connectivity index (χ4v) is 1.85. The predicted octanol–water partition coefficient (Wildman–Crippen LogP) is 1.72. The minimum Gasteiger partial charge on any atom is -0.292 e. The van der Waals surface area contributed by atoms with Crippen LogP contribution in [0.1, 0.15) is 19.4 Å². The normalized spacial score (nSPS) is 18.3. The smallest absolute Gasteiger partial charge is 0.292 e. The molecule has 1 aliphatic rings. The van der Waals surface area contributed by atoms with Gasteiger partial charge in [-0.15, -0.1) is 0 Å². The first-order valence-corrected chi connectivity index (χ1v) is 5.75. The SMILES string of the molecule is CC(C)N1C(=O)/C(=C/c2ccncc2)N(C)C1=O. The fourth-order valence-electron chi connectivity index (χ4n) is 1.85. The summed E-state index contributed by atoms with van der Waals surface area (Å²) in [6, 6.07) is 3.15. The third kappa shape index (κ3) is 1.99. The summed E-state index contributed by atoms with van der Waals surface area (Å²) in [4.78, 5) is 30.6. The van der Waals surface area contributed by atoms with Crippen LogP contribution >= 0.6 is 0 Å². The number of amides is 3. The van der Waals surface area contributed by atoms with Crippen molar-refractivity contribution in [2.24, 2.45) is 0 Å². The third-order valence-corrected chi connectivity index (χ3v) is 2.82. The van der Waals surface area contributed by atoms with Gasteiger partial charge >= 0.3 is 6.03 Å². The Morgan fingerprint density at radius 2 is 1.83 bits per heavy atom. The van der Waals surface area contributed by atoms with Crippen LogP contribution in [0, 0.1) is 0 Å². The number of carbonyl (C=O) groups is 2. The van der Waals surface area contributed by atoms with Gasteiger partial charge in [-0.25, -0.2) is 4.79 Å². The third-order valence-electron chi connectivity index (χ3n) is 2.82. The molecule has 1 aromatic heterocycles. The molecule has 0 radical (unpaired) electrons. The second-order valence-corrected chi connectivity index (χ2v) is 4.42. The molecule has 0 aliphatic carbocycles. The summed E-state index contributed by atoms with van der Waals surface area (Å²) in [5.74, 6) is -0.255. The fraction of sp³-hybridized carbons (Fsp3) is 0.308. The zero-order valence-electron chi connectivity index (χ0n) is 10.6. The van der Waals surface area contributed by atoms with E-state index in [9.17, 15) is 9.59 Å². The van der Waals surface area contributed by atoms with E-state index in [0.717, 1.165) is 5.56 Å². The quantitative estimate of drug-likeness (QED) is 0.589. The Kier molecular flexibility index (Phi) is 3.14. The van der Waals surface area contributed by atoms with Crippen molar-refractivity contribution < 1.29 is 9.59 Å². The lowest BCUT2D eigenvalue weighted by Crippen LogP contribution is -2.37. The molecule has 5 heteroatoms. The average Bonchev–Trinajstić information content (AvgIpc) is 2.55. The number of aromatic nitrogens is 1. The van der Waals surface area contributed by atoms with Gasteiger partial charge in [-0.3, -0.25) is 19.6 Å². The largest absolute Gasteiger partial charge is 0.331 e. The predicted molar refractivity (Wildman–Crippen MR) is 67.4 cm³/mol. The van der Waals surface area contributed by atoms with E-state index in [0.29, 0.717) is 5.70 Å². The summed E-state index contributed by atoms with van der Waals surface area (Å²) in [5, 5.41) is 0. The summed E-state index contributed by atoms with van der Waals surface area (Å²) < 4.78 is 0. The second kappa shape index (κ2) is 4.60. The first kappa shape index (κ1) is 12.3. The number of hydrogen-bond acceptors (Lipinski definition) is 3. The van der Waals surface area contributed by atoms with Crippen LogP contribution in [0.2, 0.25) is 0 Å². The summed E-state index contributed by atoms with van der Waals surface area (Å²) >= 11 is 0. The lowest BCUT2D eigenvalue weighted by Gasteiger charge is -2.16. The van der Waals surface area contributed by atoms with E-state index < -0.39 is 0 Å². The number of urea groups is 1. The van der Waals surface area contributed by atoms with Gasteiger partial charge in [0, 0.05) is 25.5 Å². The zero-order chi connectivity index (χ0) is 13.3. The summed E-state index contributed by atoms with van der Waals surface area (Å²) in [6.45, 7) is 3.64. The maximum Gasteiger partial charge on any atom is 0.331 e. The Morgan fingerprint density at radius 1 is 1.22 bits per heavy atom. The maximum absolute atomic E-state index is 12.2. The Hall–Kier alpha value is -2.17. The van der Waals surface area contributed by atoms with Gasteiger partial charge in [0.25, 0.3) is 5.91 Å². The van der Waals surface area contributed by atoms with E-state index >= 15 is 0 Å². The Labute approximate surface area is 106 Å². The van der Waals surface area contributed by atoms with Gasteiger partial charge < -0.3 is 0 Å². The van der Waals surface area contributed by atoms with Crippen LogP contribution in [0.3, 0.4) is 0 Å². The molecule has 94 valence electrons. The molecule has 1 aromatic rings. The van der Waals surface area contributed by atoms with E-state index in [1.54, 1.807) is 37.7 Å². The lowest BCUT2D eigenvalue weighted by atomic mass is 10.2. The standard InChI is InChI=1S/C13H15N3O2/c1-9(2)16-12(17)11(15(3)13(16)18)8-10-4-6-14-7-5-10/h4-9H,1-3H3/b11-8-. The van der Waals surface area contributed by atoms with Crippen molar-refractivity contribution in [3.8, 4) is 0 Å². The number of likely N-dealkylation sites (N-methyl/N-ethyl adjacent to an activating group) is 1. The van der Waals surface area contributed by atoms with Gasteiger partial charge in [-0.1, -0.05) is 0 Å². The second-order valence-electron chi connectivity index (χ2n) is 4.42. The van der Waals surface area contributed by atoms with Crippen LogP contribution in [-0.4, -0.2) is 39.8 Å². The lowest BCUT2D eigenvalue weighted by molar-refractivity contribution is -0.124. The van der Waals surface area contributed by atoms with Gasteiger partial charge in [0.2, 0.25) is 0 Å². The highest BCUT2D eigenvalue weighted by molar-refractivity contribution is 6.14. The number of carbonyl (C=O) groups excluding carboxylic acids is 2. The number of imide groups is 1. The van der Waals surface area contributed by atoms with Crippen LogP contribution in [0.15, 0.2) is 30.2 Å². The highest BCUT2D eigenvalue weighted by Crippen LogP contribution is 2.23. The molecule has 0 unspecified atom stereocenters. The van der Waals surface area contributed by atoms with Crippen LogP contribution in [0.4, 0.5) is 4.79 Å². The van der Waals surface area contributed by atoms with Crippen LogP contribution in [0.5, 0.6) is 0 Å². The summed E-state index contributed by atoms with van der Waals surface area (Å²) in [7, 11) is 1.61. The topological polar surface area (TPSA) is 53.5 Å². The van der Waals surface area contributed by atoms with Gasteiger partial charge in [-0.2, -0.15) is 0 Å². The Bertz CT molecular complexity index is 508. The molecule has 2 heterocycles. The molecule has 0 spiro atoms. The van der Waals surface area contributed by atoms with Crippen molar-refractivity contribution in [2.45, 2.75) is 19.9 Å². The first-order chi connectivity index (χ1) is 8.52. The van der Waals surface area contributed by atoms with Gasteiger partial charge in [-0.05, 0) is 37.6 Å². The van der Waals surface area contributed by atoms with E-state index in [2.05, 4.69) is 4.98 Å². The minimum absolute atomic E-state index is 0.143. The van der Waals surface area contributed by atoms with Crippen LogP contribution in [-0.2, 0) is 4.79 Å². The molecule has 2 rings (SSSR count). The van der Waals surface area contributed by atoms with Crippen molar-refractivity contribution in [2.75, 3.05) is 7.05 Å². The molecule has 0 aromatic carbocycles. The summed E-state index contributed by atoms with van der Waals surface area (Å²) in [6.07, 6.45) is 4.99. The number of hydrogen-bond donors (Lipinski definition) is 0. The zero-order valence-corrected chi connectivity index (χ0v) is 10.6. The maximum atomic E-state index is 12.2. The molecule has 1 aliphatic heterocycles. The van der Waals surface area contributed by atoms with E-state index in [-0.39, 0.29) is 18.0 Å². The molecule has 0 saturated carbocycles. The van der Waals surface area contributed by atoms with Crippen molar-refractivity contribution in [1.82, 2.24) is 14.8 Å². The van der Waals surface area contributed by atoms with Crippen LogP contribution in [0.25, 0.3) is 6.08 Å². The molecule has 5 nitrogen and oxygen atoms in total. The highest BCUT2D eigenvalue weighted by Gasteiger charge is 2.39. The monoisotopic (exact) mass is 245 g/mol. The van der Waals surface area contributed by atoms with Crippen molar-refractivity contribution >= 4 is 18.0 Å². The Balaban J connectivity index is 2.38. The molecule has 0 N–H and O–H groups in total. The first-order valence-electron chi connectivity index (χ1n) is 5.75. The summed E-state index contributed by atoms with van der Waals surface area (Å²) in [5.41, 5.74) is 1.23. The molecule has 1 fully saturated rings. The number of rotatable bonds is 2. The van der Waals surface area contributed by atoms with E-state index in [1.165, 1.54) is 9.80 Å². The minimum atomic E-state index is -0.282. The van der Waals surface area contributed by atoms with E-state index in [1.807, 2.05) is 13.8 Å². The van der Waals surface area contributed by atoms with E-state index in [4.69, 9.17) is 0 Å². The van der Waals surface area contributed by atoms with Gasteiger partial charge in [0.1, 0.15) is 5.70 Å². The molecule has 0 atom stereocenters. The average molecular weight is 245 g/mol. The highest BCUT2D eigenvalue weighted by atomic mass is 16.2. The molecule has 1 saturated heterocycles. The van der Waals surface area contributed by atoms with Crippen molar-refractivity contribution in [1.29, 1.82) is 0 Å². The van der Waals surface area contributed by atoms with Crippen molar-refractivity contribution in [3.05, 3.63) is 35.8 Å². The molecule has 18 heavy (non-hydrogen) atoms.